The molecule has 0 radical (unpaired) electrons. The van der Waals surface area contributed by atoms with Crippen LogP contribution in [0.1, 0.15) is 18.2 Å². The molecule has 28 heavy (non-hydrogen) atoms. The van der Waals surface area contributed by atoms with Crippen molar-refractivity contribution in [2.75, 3.05) is 14.1 Å². The van der Waals surface area contributed by atoms with E-state index in [-0.39, 0.29) is 22.6 Å². The summed E-state index contributed by atoms with van der Waals surface area (Å²) in [5.41, 5.74) is -0.942. The van der Waals surface area contributed by atoms with Crippen molar-refractivity contribution in [3.05, 3.63) is 35.7 Å². The Morgan fingerprint density at radius 2 is 1.89 bits per heavy atom. The van der Waals surface area contributed by atoms with Crippen LogP contribution < -0.4 is 4.74 Å². The molecule has 0 aliphatic rings. The van der Waals surface area contributed by atoms with Gasteiger partial charge in [0.15, 0.2) is 6.10 Å². The second kappa shape index (κ2) is 7.43. The van der Waals surface area contributed by atoms with Crippen LogP contribution in [-0.4, -0.2) is 53.2 Å². The van der Waals surface area contributed by atoms with Crippen LogP contribution in [0.3, 0.4) is 0 Å². The highest BCUT2D eigenvalue weighted by Gasteiger charge is 2.32. The normalized spacial score (nSPS) is 13.6. The molecule has 0 fully saturated rings. The van der Waals surface area contributed by atoms with Crippen LogP contribution in [0.15, 0.2) is 24.4 Å². The fraction of sp³-hybridized carbons (Fsp3) is 0.375. The number of carbonyl (C=O) groups is 1. The van der Waals surface area contributed by atoms with E-state index in [2.05, 4.69) is 5.10 Å². The first kappa shape index (κ1) is 21.7. The lowest BCUT2D eigenvalue weighted by Crippen LogP contribution is -2.29. The van der Waals surface area contributed by atoms with E-state index in [0.29, 0.717) is 4.09 Å². The molecule has 1 atom stereocenters. The second-order valence-electron chi connectivity index (χ2n) is 6.10. The van der Waals surface area contributed by atoms with Crippen molar-refractivity contribution in [1.29, 1.82) is 0 Å². The molecule has 154 valence electrons. The third-order valence-corrected chi connectivity index (χ3v) is 5.41. The number of hydrogen-bond donors (Lipinski definition) is 1. The topological polar surface area (TPSA) is 102 Å². The first-order chi connectivity index (χ1) is 12.7. The van der Waals surface area contributed by atoms with Crippen LogP contribution in [0.4, 0.5) is 13.2 Å². The maximum atomic E-state index is 13.1. The summed E-state index contributed by atoms with van der Waals surface area (Å²) < 4.78 is 70.7. The number of alkyl halides is 3. The van der Waals surface area contributed by atoms with Crippen LogP contribution in [-0.2, 0) is 21.2 Å². The number of carboxylic acids is 1. The van der Waals surface area contributed by atoms with Crippen LogP contribution in [0.5, 0.6) is 5.75 Å². The Morgan fingerprint density at radius 3 is 2.39 bits per heavy atom. The third kappa shape index (κ3) is 4.28. The molecule has 1 N–H and O–H groups in total. The molecule has 1 aromatic heterocycles. The molecular formula is C16H18F3N3O5S. The lowest BCUT2D eigenvalue weighted by molar-refractivity contribution is -0.144. The van der Waals surface area contributed by atoms with Gasteiger partial charge in [0.25, 0.3) is 0 Å². The summed E-state index contributed by atoms with van der Waals surface area (Å²) in [5.74, 6) is -1.46. The highest BCUT2D eigenvalue weighted by atomic mass is 32.2. The number of ether oxygens (including phenoxy) is 1. The van der Waals surface area contributed by atoms with Gasteiger partial charge in [-0.15, -0.1) is 0 Å². The molecule has 12 heteroatoms. The van der Waals surface area contributed by atoms with Gasteiger partial charge in [-0.25, -0.2) is 4.79 Å². The SMILES string of the molecule is Cc1nn(S(=O)(=O)N(C)C)cc1-c1cc(C(F)(F)F)ccc1O[C@@H](C)C(=O)O. The average molecular weight is 421 g/mol. The summed E-state index contributed by atoms with van der Waals surface area (Å²) in [6.45, 7) is 2.64. The first-order valence-corrected chi connectivity index (χ1v) is 9.25. The van der Waals surface area contributed by atoms with Crippen molar-refractivity contribution >= 4 is 16.2 Å². The Bertz CT molecular complexity index is 999. The molecule has 2 aromatic rings. The van der Waals surface area contributed by atoms with E-state index in [1.54, 1.807) is 0 Å². The van der Waals surface area contributed by atoms with Gasteiger partial charge in [-0.1, -0.05) is 0 Å². The molecule has 1 aromatic carbocycles. The summed E-state index contributed by atoms with van der Waals surface area (Å²) in [4.78, 5) is 11.0. The van der Waals surface area contributed by atoms with Crippen LogP contribution in [0, 0.1) is 6.92 Å². The minimum atomic E-state index is -4.66. The minimum Gasteiger partial charge on any atom is -0.479 e. The molecule has 0 spiro atoms. The highest BCUT2D eigenvalue weighted by molar-refractivity contribution is 7.87. The molecule has 0 unspecified atom stereocenters. The zero-order chi connectivity index (χ0) is 21.4. The van der Waals surface area contributed by atoms with Crippen LogP contribution in [0.25, 0.3) is 11.1 Å². The maximum absolute atomic E-state index is 13.1. The molecule has 0 amide bonds. The van der Waals surface area contributed by atoms with Crippen LogP contribution in [0.2, 0.25) is 0 Å². The molecule has 0 bridgehead atoms. The zero-order valence-electron chi connectivity index (χ0n) is 15.4. The third-order valence-electron chi connectivity index (χ3n) is 3.82. The predicted octanol–water partition coefficient (Wildman–Crippen LogP) is 2.38. The van der Waals surface area contributed by atoms with E-state index in [4.69, 9.17) is 9.84 Å². The monoisotopic (exact) mass is 421 g/mol. The van der Waals surface area contributed by atoms with E-state index in [1.807, 2.05) is 0 Å². The standard InChI is InChI=1S/C16H18F3N3O5S/c1-9-13(8-22(20-9)28(25,26)21(3)4)12-7-11(16(17,18)19)5-6-14(12)27-10(2)15(23)24/h5-8,10H,1-4H3,(H,23,24)/t10-/m0/s1. The molecule has 0 saturated carbocycles. The number of halogens is 3. The summed E-state index contributed by atoms with van der Waals surface area (Å²) in [5, 5.41) is 12.9. The molecule has 0 aliphatic carbocycles. The smallest absolute Gasteiger partial charge is 0.416 e. The summed E-state index contributed by atoms with van der Waals surface area (Å²) in [6, 6.07) is 2.51. The lowest BCUT2D eigenvalue weighted by Gasteiger charge is -2.16. The predicted molar refractivity (Wildman–Crippen MR) is 93.1 cm³/mol. The zero-order valence-corrected chi connectivity index (χ0v) is 16.2. The van der Waals surface area contributed by atoms with Crippen molar-refractivity contribution in [2.45, 2.75) is 26.1 Å². The van der Waals surface area contributed by atoms with Gasteiger partial charge < -0.3 is 9.84 Å². The molecule has 1 heterocycles. The van der Waals surface area contributed by atoms with E-state index in [1.165, 1.54) is 27.9 Å². The number of rotatable bonds is 6. The number of nitrogens with zero attached hydrogens (tertiary/aromatic N) is 3. The Hall–Kier alpha value is -2.60. The fourth-order valence-electron chi connectivity index (χ4n) is 2.24. The highest BCUT2D eigenvalue weighted by Crippen LogP contribution is 2.38. The van der Waals surface area contributed by atoms with Gasteiger partial charge in [-0.05, 0) is 32.0 Å². The number of aliphatic carboxylic acids is 1. The van der Waals surface area contributed by atoms with E-state index in [0.717, 1.165) is 28.7 Å². The summed E-state index contributed by atoms with van der Waals surface area (Å²) in [6.07, 6.45) is -4.94. The Balaban J connectivity index is 2.68. The van der Waals surface area contributed by atoms with E-state index in [9.17, 15) is 26.4 Å². The summed E-state index contributed by atoms with van der Waals surface area (Å²) >= 11 is 0. The van der Waals surface area contributed by atoms with Crippen molar-refractivity contribution in [1.82, 2.24) is 13.5 Å². The lowest BCUT2D eigenvalue weighted by atomic mass is 10.0. The number of aryl methyl sites for hydroxylation is 1. The van der Waals surface area contributed by atoms with Gasteiger partial charge in [0.1, 0.15) is 5.75 Å². The molecule has 8 nitrogen and oxygen atoms in total. The van der Waals surface area contributed by atoms with Crippen molar-refractivity contribution in [3.8, 4) is 16.9 Å². The second-order valence-corrected chi connectivity index (χ2v) is 8.10. The Labute approximate surface area is 159 Å². The minimum absolute atomic E-state index is 0.0594. The summed E-state index contributed by atoms with van der Waals surface area (Å²) in [7, 11) is -1.44. The molecule has 2 rings (SSSR count). The van der Waals surface area contributed by atoms with Crippen molar-refractivity contribution in [2.24, 2.45) is 0 Å². The maximum Gasteiger partial charge on any atom is 0.416 e. The number of benzene rings is 1. The number of carboxylic acid groups (broad SMARTS) is 1. The molecule has 0 aliphatic heterocycles. The van der Waals surface area contributed by atoms with Crippen molar-refractivity contribution in [3.63, 3.8) is 0 Å². The van der Waals surface area contributed by atoms with Gasteiger partial charge in [0.2, 0.25) is 0 Å². The number of aromatic nitrogens is 2. The fourth-order valence-corrected chi connectivity index (χ4v) is 3.04. The average Bonchev–Trinajstić information content (AvgIpc) is 2.96. The van der Waals surface area contributed by atoms with Crippen LogP contribution >= 0.6 is 0 Å². The van der Waals surface area contributed by atoms with Gasteiger partial charge in [0.05, 0.1) is 17.5 Å². The van der Waals surface area contributed by atoms with Gasteiger partial charge >= 0.3 is 22.4 Å². The Kier molecular flexibility index (Phi) is 5.76. The number of hydrogen-bond acceptors (Lipinski definition) is 5. The van der Waals surface area contributed by atoms with Gasteiger partial charge in [-0.3, -0.25) is 0 Å². The molecule has 0 saturated heterocycles. The van der Waals surface area contributed by atoms with E-state index < -0.39 is 34.0 Å². The molecular weight excluding hydrogens is 403 g/mol. The quantitative estimate of drug-likeness (QED) is 0.769. The van der Waals surface area contributed by atoms with E-state index >= 15 is 0 Å². The first-order valence-electron chi connectivity index (χ1n) is 7.85. The Morgan fingerprint density at radius 1 is 1.29 bits per heavy atom. The van der Waals surface area contributed by atoms with Gasteiger partial charge in [-0.2, -0.15) is 35.1 Å². The van der Waals surface area contributed by atoms with Crippen molar-refractivity contribution < 1.29 is 36.2 Å². The van der Waals surface area contributed by atoms with Gasteiger partial charge in [0, 0.05) is 25.2 Å². The largest absolute Gasteiger partial charge is 0.479 e.